The molecule has 1 amide bonds. The number of nitrogens with zero attached hydrogens (tertiary/aromatic N) is 4. The number of hydrogen-bond acceptors (Lipinski definition) is 6. The first-order valence-electron chi connectivity index (χ1n) is 7.56. The van der Waals surface area contributed by atoms with Crippen LogP contribution in [0.4, 0.5) is 5.82 Å². The van der Waals surface area contributed by atoms with Crippen LogP contribution in [-0.4, -0.2) is 54.2 Å². The molecule has 2 aromatic rings. The standard InChI is InChI=1S/C16H20N4O3/c1-11-9-13(18-23-11)16(21)20-8-6-12(10-20)22-14-5-4-7-17-15(14)19(2)3/h4-5,7,9,12H,6,8,10H2,1-3H3/t12-/m1/s1. The Morgan fingerprint density at radius 3 is 3.00 bits per heavy atom. The van der Waals surface area contributed by atoms with Gasteiger partial charge < -0.3 is 19.1 Å². The van der Waals surface area contributed by atoms with Crippen LogP contribution in [0.25, 0.3) is 0 Å². The minimum atomic E-state index is -0.119. The maximum atomic E-state index is 12.4. The number of likely N-dealkylation sites (tertiary alicyclic amines) is 1. The van der Waals surface area contributed by atoms with Crippen LogP contribution in [0, 0.1) is 6.92 Å². The number of anilines is 1. The molecule has 0 aromatic carbocycles. The number of amides is 1. The van der Waals surface area contributed by atoms with Crippen LogP contribution >= 0.6 is 0 Å². The molecule has 1 fully saturated rings. The smallest absolute Gasteiger partial charge is 0.276 e. The summed E-state index contributed by atoms with van der Waals surface area (Å²) >= 11 is 0. The minimum Gasteiger partial charge on any atom is -0.485 e. The molecule has 0 bridgehead atoms. The van der Waals surface area contributed by atoms with Crippen LogP contribution in [0.1, 0.15) is 22.7 Å². The SMILES string of the molecule is Cc1cc(C(=O)N2CC[C@@H](Oc3cccnc3N(C)C)C2)no1. The third-order valence-electron chi connectivity index (χ3n) is 3.75. The highest BCUT2D eigenvalue weighted by atomic mass is 16.5. The average Bonchev–Trinajstić information content (AvgIpc) is 3.16. The highest BCUT2D eigenvalue weighted by Gasteiger charge is 2.30. The Morgan fingerprint density at radius 1 is 1.48 bits per heavy atom. The molecule has 3 rings (SSSR count). The van der Waals surface area contributed by atoms with E-state index in [0.29, 0.717) is 24.5 Å². The van der Waals surface area contributed by atoms with Crippen molar-refractivity contribution in [1.29, 1.82) is 0 Å². The largest absolute Gasteiger partial charge is 0.485 e. The number of hydrogen-bond donors (Lipinski definition) is 0. The Bertz CT molecular complexity index is 698. The summed E-state index contributed by atoms with van der Waals surface area (Å²) in [5.41, 5.74) is 0.346. The van der Waals surface area contributed by atoms with Crippen molar-refractivity contribution in [3.63, 3.8) is 0 Å². The summed E-state index contributed by atoms with van der Waals surface area (Å²) in [5, 5.41) is 3.78. The van der Waals surface area contributed by atoms with Gasteiger partial charge in [0.2, 0.25) is 0 Å². The van der Waals surface area contributed by atoms with Crippen LogP contribution in [0.15, 0.2) is 28.9 Å². The molecule has 23 heavy (non-hydrogen) atoms. The predicted molar refractivity (Wildman–Crippen MR) is 84.7 cm³/mol. The van der Waals surface area contributed by atoms with Gasteiger partial charge in [-0.3, -0.25) is 4.79 Å². The highest BCUT2D eigenvalue weighted by Crippen LogP contribution is 2.27. The van der Waals surface area contributed by atoms with Gasteiger partial charge in [-0.15, -0.1) is 0 Å². The van der Waals surface area contributed by atoms with Crippen LogP contribution in [0.5, 0.6) is 5.75 Å². The second kappa shape index (κ2) is 6.28. The molecule has 0 aliphatic carbocycles. The van der Waals surface area contributed by atoms with Gasteiger partial charge >= 0.3 is 0 Å². The van der Waals surface area contributed by atoms with Gasteiger partial charge in [0.25, 0.3) is 5.91 Å². The van der Waals surface area contributed by atoms with E-state index >= 15 is 0 Å². The molecule has 7 heteroatoms. The van der Waals surface area contributed by atoms with E-state index < -0.39 is 0 Å². The summed E-state index contributed by atoms with van der Waals surface area (Å²) in [6, 6.07) is 5.40. The molecule has 7 nitrogen and oxygen atoms in total. The maximum absolute atomic E-state index is 12.4. The topological polar surface area (TPSA) is 71.7 Å². The van der Waals surface area contributed by atoms with Crippen LogP contribution in [-0.2, 0) is 0 Å². The van der Waals surface area contributed by atoms with E-state index in [-0.39, 0.29) is 12.0 Å². The molecule has 0 saturated carbocycles. The summed E-state index contributed by atoms with van der Waals surface area (Å²) in [6.07, 6.45) is 2.47. The normalized spacial score (nSPS) is 17.3. The Labute approximate surface area is 134 Å². The first-order chi connectivity index (χ1) is 11.0. The van der Waals surface area contributed by atoms with E-state index in [1.54, 1.807) is 24.1 Å². The van der Waals surface area contributed by atoms with Crippen molar-refractivity contribution in [2.75, 3.05) is 32.1 Å². The fourth-order valence-corrected chi connectivity index (χ4v) is 2.63. The molecule has 0 spiro atoms. The summed E-state index contributed by atoms with van der Waals surface area (Å²) in [5.74, 6) is 2.02. The number of ether oxygens (including phenoxy) is 1. The fraction of sp³-hybridized carbons (Fsp3) is 0.438. The second-order valence-electron chi connectivity index (χ2n) is 5.82. The zero-order valence-corrected chi connectivity index (χ0v) is 13.5. The van der Waals surface area contributed by atoms with Crippen LogP contribution in [0.2, 0.25) is 0 Å². The molecule has 0 N–H and O–H groups in total. The van der Waals surface area contributed by atoms with Gasteiger partial charge in [-0.05, 0) is 19.1 Å². The lowest BCUT2D eigenvalue weighted by Gasteiger charge is -2.20. The third kappa shape index (κ3) is 3.28. The van der Waals surface area contributed by atoms with Gasteiger partial charge in [0, 0.05) is 39.3 Å². The Hall–Kier alpha value is -2.57. The Morgan fingerprint density at radius 2 is 2.30 bits per heavy atom. The highest BCUT2D eigenvalue weighted by molar-refractivity contribution is 5.92. The molecule has 0 radical (unpaired) electrons. The molecular formula is C16H20N4O3. The molecule has 0 unspecified atom stereocenters. The lowest BCUT2D eigenvalue weighted by atomic mass is 10.3. The zero-order chi connectivity index (χ0) is 16.4. The van der Waals surface area contributed by atoms with Gasteiger partial charge in [0.1, 0.15) is 11.9 Å². The molecule has 3 heterocycles. The van der Waals surface area contributed by atoms with Crippen molar-refractivity contribution in [3.05, 3.63) is 35.9 Å². The van der Waals surface area contributed by atoms with Crippen LogP contribution < -0.4 is 9.64 Å². The summed E-state index contributed by atoms with van der Waals surface area (Å²) in [7, 11) is 3.85. The Kier molecular flexibility index (Phi) is 4.18. The maximum Gasteiger partial charge on any atom is 0.276 e. The second-order valence-corrected chi connectivity index (χ2v) is 5.82. The zero-order valence-electron chi connectivity index (χ0n) is 13.5. The van der Waals surface area contributed by atoms with Gasteiger partial charge in [0.05, 0.1) is 6.54 Å². The van der Waals surface area contributed by atoms with Gasteiger partial charge in [-0.2, -0.15) is 0 Å². The Balaban J connectivity index is 1.65. The minimum absolute atomic E-state index is 0.0464. The number of rotatable bonds is 4. The third-order valence-corrected chi connectivity index (χ3v) is 3.75. The molecular weight excluding hydrogens is 296 g/mol. The van der Waals surface area contributed by atoms with E-state index in [2.05, 4.69) is 10.1 Å². The first-order valence-corrected chi connectivity index (χ1v) is 7.56. The van der Waals surface area contributed by atoms with E-state index in [4.69, 9.17) is 9.26 Å². The van der Waals surface area contributed by atoms with Gasteiger partial charge in [-0.1, -0.05) is 5.16 Å². The quantitative estimate of drug-likeness (QED) is 0.855. The predicted octanol–water partition coefficient (Wildman–Crippen LogP) is 1.74. The van der Waals surface area contributed by atoms with Crippen molar-refractivity contribution < 1.29 is 14.1 Å². The lowest BCUT2D eigenvalue weighted by Crippen LogP contribution is -2.31. The van der Waals surface area contributed by atoms with E-state index in [1.165, 1.54) is 0 Å². The van der Waals surface area contributed by atoms with Crippen molar-refractivity contribution in [2.24, 2.45) is 0 Å². The number of carbonyl (C=O) groups excluding carboxylic acids is 1. The molecule has 2 aromatic heterocycles. The monoisotopic (exact) mass is 316 g/mol. The molecule has 1 atom stereocenters. The number of aryl methyl sites for hydroxylation is 1. The number of pyridine rings is 1. The first kappa shape index (κ1) is 15.3. The summed E-state index contributed by atoms with van der Waals surface area (Å²) in [4.78, 5) is 20.3. The van der Waals surface area contributed by atoms with Gasteiger partial charge in [0.15, 0.2) is 17.3 Å². The molecule has 1 saturated heterocycles. The van der Waals surface area contributed by atoms with Crippen molar-refractivity contribution >= 4 is 11.7 Å². The lowest BCUT2D eigenvalue weighted by molar-refractivity contribution is 0.0762. The van der Waals surface area contributed by atoms with E-state index in [1.807, 2.05) is 31.1 Å². The fourth-order valence-electron chi connectivity index (χ4n) is 2.63. The average molecular weight is 316 g/mol. The number of aromatic nitrogens is 2. The van der Waals surface area contributed by atoms with Crippen molar-refractivity contribution in [1.82, 2.24) is 15.0 Å². The summed E-state index contributed by atoms with van der Waals surface area (Å²) in [6.45, 7) is 2.95. The number of carbonyl (C=O) groups is 1. The molecule has 1 aliphatic rings. The van der Waals surface area contributed by atoms with E-state index in [9.17, 15) is 4.79 Å². The van der Waals surface area contributed by atoms with Crippen LogP contribution in [0.3, 0.4) is 0 Å². The molecule has 122 valence electrons. The van der Waals surface area contributed by atoms with Gasteiger partial charge in [-0.25, -0.2) is 4.98 Å². The molecule has 1 aliphatic heterocycles. The van der Waals surface area contributed by atoms with E-state index in [0.717, 1.165) is 18.0 Å². The van der Waals surface area contributed by atoms with Crippen molar-refractivity contribution in [2.45, 2.75) is 19.4 Å². The van der Waals surface area contributed by atoms with Crippen molar-refractivity contribution in [3.8, 4) is 5.75 Å². The summed E-state index contributed by atoms with van der Waals surface area (Å²) < 4.78 is 11.0.